The topological polar surface area (TPSA) is 65.8 Å². The average molecular weight is 343 g/mol. The van der Waals surface area contributed by atoms with Crippen molar-refractivity contribution in [2.75, 3.05) is 0 Å². The van der Waals surface area contributed by atoms with Gasteiger partial charge in [-0.2, -0.15) is 5.10 Å². The lowest BCUT2D eigenvalue weighted by molar-refractivity contribution is 0.808. The van der Waals surface area contributed by atoms with Gasteiger partial charge in [-0.1, -0.05) is 6.07 Å². The number of aromatic nitrogens is 7. The van der Waals surface area contributed by atoms with Gasteiger partial charge in [0.15, 0.2) is 5.65 Å². The number of imidazole rings is 2. The van der Waals surface area contributed by atoms with E-state index in [9.17, 15) is 0 Å². The van der Waals surface area contributed by atoms with Crippen molar-refractivity contribution in [1.82, 2.24) is 33.7 Å². The number of hydrogen-bond acceptors (Lipinski definition) is 4. The van der Waals surface area contributed by atoms with E-state index in [1.165, 1.54) is 5.56 Å². The van der Waals surface area contributed by atoms with E-state index in [0.717, 1.165) is 33.9 Å². The van der Waals surface area contributed by atoms with Crippen LogP contribution in [0.25, 0.3) is 28.1 Å². The van der Waals surface area contributed by atoms with Crippen LogP contribution in [0.2, 0.25) is 0 Å². The molecule has 0 N–H and O–H groups in total. The van der Waals surface area contributed by atoms with Crippen molar-refractivity contribution in [2.24, 2.45) is 7.05 Å². The summed E-state index contributed by atoms with van der Waals surface area (Å²) in [5, 5.41) is 4.36. The van der Waals surface area contributed by atoms with Crippen molar-refractivity contribution in [1.29, 1.82) is 0 Å². The Kier molecular flexibility index (Phi) is 3.15. The highest BCUT2D eigenvalue weighted by Crippen LogP contribution is 2.23. The zero-order valence-corrected chi connectivity index (χ0v) is 14.5. The zero-order chi connectivity index (χ0) is 17.7. The van der Waals surface area contributed by atoms with Crippen LogP contribution in [-0.2, 0) is 13.6 Å². The molecule has 5 rings (SSSR count). The summed E-state index contributed by atoms with van der Waals surface area (Å²) in [5.41, 5.74) is 5.06. The summed E-state index contributed by atoms with van der Waals surface area (Å²) < 4.78 is 5.98. The molecule has 0 aliphatic rings. The lowest BCUT2D eigenvalue weighted by atomic mass is 10.2. The first-order chi connectivity index (χ1) is 12.7. The standard InChI is InChI=1S/C19H17N7/c1-13-23-16-10-14(4-5-17(16)24(13)2)12-25-9-7-21-18(25)15-11-22-26-8-3-6-20-19(15)26/h3-11H,12H2,1-2H3. The van der Waals surface area contributed by atoms with E-state index in [4.69, 9.17) is 0 Å². The Morgan fingerprint density at radius 2 is 2.00 bits per heavy atom. The smallest absolute Gasteiger partial charge is 0.165 e. The van der Waals surface area contributed by atoms with Gasteiger partial charge >= 0.3 is 0 Å². The molecule has 0 saturated heterocycles. The van der Waals surface area contributed by atoms with Gasteiger partial charge < -0.3 is 9.13 Å². The van der Waals surface area contributed by atoms with Crippen molar-refractivity contribution in [3.8, 4) is 11.4 Å². The first-order valence-electron chi connectivity index (χ1n) is 8.42. The van der Waals surface area contributed by atoms with Gasteiger partial charge in [-0.25, -0.2) is 19.5 Å². The van der Waals surface area contributed by atoms with E-state index in [-0.39, 0.29) is 0 Å². The van der Waals surface area contributed by atoms with Crippen molar-refractivity contribution < 1.29 is 0 Å². The maximum absolute atomic E-state index is 4.63. The lowest BCUT2D eigenvalue weighted by Gasteiger charge is -2.07. The van der Waals surface area contributed by atoms with Gasteiger partial charge in [0.25, 0.3) is 0 Å². The minimum Gasteiger partial charge on any atom is -0.331 e. The predicted octanol–water partition coefficient (Wildman–Crippen LogP) is 2.84. The molecular weight excluding hydrogens is 326 g/mol. The van der Waals surface area contributed by atoms with E-state index in [2.05, 4.69) is 47.4 Å². The van der Waals surface area contributed by atoms with Crippen LogP contribution < -0.4 is 0 Å². The highest BCUT2D eigenvalue weighted by molar-refractivity contribution is 5.77. The molecule has 0 aliphatic carbocycles. The van der Waals surface area contributed by atoms with Crippen molar-refractivity contribution in [3.63, 3.8) is 0 Å². The summed E-state index contributed by atoms with van der Waals surface area (Å²) in [5.74, 6) is 1.87. The van der Waals surface area contributed by atoms with Gasteiger partial charge in [-0.15, -0.1) is 0 Å². The molecule has 0 saturated carbocycles. The van der Waals surface area contributed by atoms with E-state index < -0.39 is 0 Å². The van der Waals surface area contributed by atoms with Crippen LogP contribution in [0.1, 0.15) is 11.4 Å². The van der Waals surface area contributed by atoms with Gasteiger partial charge in [0.05, 0.1) is 22.8 Å². The molecule has 1 aromatic carbocycles. The molecule has 0 atom stereocenters. The molecule has 0 unspecified atom stereocenters. The van der Waals surface area contributed by atoms with Crippen LogP contribution in [0, 0.1) is 6.92 Å². The Balaban J connectivity index is 1.56. The number of hydrogen-bond donors (Lipinski definition) is 0. The first kappa shape index (κ1) is 14.8. The third kappa shape index (κ3) is 2.21. The van der Waals surface area contributed by atoms with Crippen LogP contribution in [-0.4, -0.2) is 33.7 Å². The van der Waals surface area contributed by atoms with Crippen molar-refractivity contribution in [2.45, 2.75) is 13.5 Å². The molecule has 128 valence electrons. The molecule has 0 fully saturated rings. The third-order valence-electron chi connectivity index (χ3n) is 4.76. The second-order valence-electron chi connectivity index (χ2n) is 6.37. The zero-order valence-electron chi connectivity index (χ0n) is 14.5. The number of nitrogens with zero attached hydrogens (tertiary/aromatic N) is 7. The van der Waals surface area contributed by atoms with E-state index in [1.807, 2.05) is 44.8 Å². The Hall–Kier alpha value is -3.48. The molecular formula is C19H17N7. The maximum Gasteiger partial charge on any atom is 0.165 e. The van der Waals surface area contributed by atoms with E-state index in [0.29, 0.717) is 6.54 Å². The normalized spacial score (nSPS) is 11.6. The molecule has 0 spiro atoms. The minimum absolute atomic E-state index is 0.713. The Morgan fingerprint density at radius 3 is 2.92 bits per heavy atom. The Labute approximate surface area is 149 Å². The quantitative estimate of drug-likeness (QED) is 0.505. The molecule has 0 radical (unpaired) electrons. The predicted molar refractivity (Wildman–Crippen MR) is 98.8 cm³/mol. The number of rotatable bonds is 3. The summed E-state index contributed by atoms with van der Waals surface area (Å²) in [6.45, 7) is 2.73. The molecule has 0 amide bonds. The Bertz CT molecular complexity index is 1240. The molecule has 7 nitrogen and oxygen atoms in total. The number of aryl methyl sites for hydroxylation is 2. The number of fused-ring (bicyclic) bond motifs is 2. The monoisotopic (exact) mass is 343 g/mol. The molecule has 4 aromatic heterocycles. The van der Waals surface area contributed by atoms with Gasteiger partial charge in [0, 0.05) is 38.4 Å². The molecule has 4 heterocycles. The molecule has 0 aliphatic heterocycles. The summed E-state index contributed by atoms with van der Waals surface area (Å²) >= 11 is 0. The maximum atomic E-state index is 4.63. The fourth-order valence-corrected chi connectivity index (χ4v) is 3.33. The van der Waals surface area contributed by atoms with Crippen LogP contribution >= 0.6 is 0 Å². The molecule has 5 aromatic rings. The number of benzene rings is 1. The van der Waals surface area contributed by atoms with Crippen LogP contribution in [0.4, 0.5) is 0 Å². The lowest BCUT2D eigenvalue weighted by Crippen LogP contribution is -2.01. The van der Waals surface area contributed by atoms with Crippen molar-refractivity contribution in [3.05, 3.63) is 66.6 Å². The molecule has 7 heteroatoms. The second kappa shape index (κ2) is 5.52. The summed E-state index contributed by atoms with van der Waals surface area (Å²) in [4.78, 5) is 13.6. The first-order valence-corrected chi connectivity index (χ1v) is 8.42. The van der Waals surface area contributed by atoms with E-state index >= 15 is 0 Å². The van der Waals surface area contributed by atoms with Gasteiger partial charge in [0.2, 0.25) is 0 Å². The largest absolute Gasteiger partial charge is 0.331 e. The fraction of sp³-hybridized carbons (Fsp3) is 0.158. The average Bonchev–Trinajstić information content (AvgIpc) is 3.33. The van der Waals surface area contributed by atoms with Gasteiger partial charge in [-0.05, 0) is 30.7 Å². The fourth-order valence-electron chi connectivity index (χ4n) is 3.33. The van der Waals surface area contributed by atoms with Crippen LogP contribution in [0.3, 0.4) is 0 Å². The van der Waals surface area contributed by atoms with Gasteiger partial charge in [-0.3, -0.25) is 0 Å². The van der Waals surface area contributed by atoms with E-state index in [1.54, 1.807) is 10.7 Å². The summed E-state index contributed by atoms with van der Waals surface area (Å²) in [6.07, 6.45) is 9.26. The summed E-state index contributed by atoms with van der Waals surface area (Å²) in [6, 6.07) is 8.26. The summed E-state index contributed by atoms with van der Waals surface area (Å²) in [7, 11) is 2.04. The van der Waals surface area contributed by atoms with Gasteiger partial charge in [0.1, 0.15) is 11.6 Å². The molecule has 0 bridgehead atoms. The van der Waals surface area contributed by atoms with Crippen LogP contribution in [0.5, 0.6) is 0 Å². The van der Waals surface area contributed by atoms with Crippen molar-refractivity contribution >= 4 is 16.7 Å². The minimum atomic E-state index is 0.713. The van der Waals surface area contributed by atoms with Crippen LogP contribution in [0.15, 0.2) is 55.2 Å². The highest BCUT2D eigenvalue weighted by atomic mass is 15.2. The third-order valence-corrected chi connectivity index (χ3v) is 4.76. The SMILES string of the molecule is Cc1nc2cc(Cn3ccnc3-c3cnn4cccnc34)ccc2n1C. The highest BCUT2D eigenvalue weighted by Gasteiger charge is 2.14. The Morgan fingerprint density at radius 1 is 1.08 bits per heavy atom. The molecule has 26 heavy (non-hydrogen) atoms. The second-order valence-corrected chi connectivity index (χ2v) is 6.37.